The standard InChI is InChI=1S/C18H24N2S/c1-3-5-13-20(4-2)17(18(19)21)16-12-8-10-14-9-6-7-11-15(14)16/h6-12,17H,3-5,13H2,1-2H3,(H2,19,21). The number of fused-ring (bicyclic) bond motifs is 1. The summed E-state index contributed by atoms with van der Waals surface area (Å²) in [6, 6.07) is 14.8. The van der Waals surface area contributed by atoms with E-state index in [1.807, 2.05) is 0 Å². The van der Waals surface area contributed by atoms with E-state index < -0.39 is 0 Å². The van der Waals surface area contributed by atoms with E-state index in [1.54, 1.807) is 0 Å². The number of unbranched alkanes of at least 4 members (excludes halogenated alkanes) is 1. The molecule has 2 nitrogen and oxygen atoms in total. The lowest BCUT2D eigenvalue weighted by Crippen LogP contribution is -2.37. The molecule has 0 saturated heterocycles. The van der Waals surface area contributed by atoms with E-state index in [-0.39, 0.29) is 6.04 Å². The number of nitrogens with two attached hydrogens (primary N) is 1. The molecule has 2 aromatic carbocycles. The molecule has 112 valence electrons. The predicted molar refractivity (Wildman–Crippen MR) is 95.6 cm³/mol. The zero-order valence-corrected chi connectivity index (χ0v) is 13.7. The number of hydrogen-bond acceptors (Lipinski definition) is 2. The summed E-state index contributed by atoms with van der Waals surface area (Å²) in [5.74, 6) is 0. The van der Waals surface area contributed by atoms with Crippen molar-refractivity contribution in [2.45, 2.75) is 32.7 Å². The van der Waals surface area contributed by atoms with Gasteiger partial charge in [-0.2, -0.15) is 0 Å². The minimum absolute atomic E-state index is 0.0163. The number of likely N-dealkylation sites (N-methyl/N-ethyl adjacent to an activating group) is 1. The van der Waals surface area contributed by atoms with Crippen molar-refractivity contribution >= 4 is 28.0 Å². The summed E-state index contributed by atoms with van der Waals surface area (Å²) in [4.78, 5) is 2.94. The molecule has 1 unspecified atom stereocenters. The highest BCUT2D eigenvalue weighted by atomic mass is 32.1. The van der Waals surface area contributed by atoms with Crippen LogP contribution in [0.4, 0.5) is 0 Å². The number of rotatable bonds is 7. The van der Waals surface area contributed by atoms with Crippen LogP contribution in [0.3, 0.4) is 0 Å². The fourth-order valence-electron chi connectivity index (χ4n) is 2.85. The van der Waals surface area contributed by atoms with Gasteiger partial charge in [0.2, 0.25) is 0 Å². The molecule has 0 aliphatic carbocycles. The van der Waals surface area contributed by atoms with Crippen LogP contribution in [0.15, 0.2) is 42.5 Å². The Kier molecular flexibility index (Phi) is 5.71. The third-order valence-electron chi connectivity index (χ3n) is 3.96. The van der Waals surface area contributed by atoms with Gasteiger partial charge in [-0.25, -0.2) is 0 Å². The quantitative estimate of drug-likeness (QED) is 0.774. The highest BCUT2D eigenvalue weighted by Crippen LogP contribution is 2.29. The molecule has 0 amide bonds. The van der Waals surface area contributed by atoms with Crippen molar-refractivity contribution in [2.24, 2.45) is 5.73 Å². The van der Waals surface area contributed by atoms with Crippen LogP contribution in [-0.2, 0) is 0 Å². The Morgan fingerprint density at radius 2 is 1.86 bits per heavy atom. The van der Waals surface area contributed by atoms with Crippen molar-refractivity contribution in [1.82, 2.24) is 4.90 Å². The summed E-state index contributed by atoms with van der Waals surface area (Å²) in [7, 11) is 0. The van der Waals surface area contributed by atoms with Crippen molar-refractivity contribution < 1.29 is 0 Å². The first-order chi connectivity index (χ1) is 10.2. The zero-order valence-electron chi connectivity index (χ0n) is 12.9. The van der Waals surface area contributed by atoms with Crippen molar-refractivity contribution in [2.75, 3.05) is 13.1 Å². The summed E-state index contributed by atoms with van der Waals surface area (Å²) in [5.41, 5.74) is 7.32. The molecule has 0 saturated carbocycles. The maximum Gasteiger partial charge on any atom is 0.0948 e. The molecule has 0 heterocycles. The van der Waals surface area contributed by atoms with Gasteiger partial charge in [0.25, 0.3) is 0 Å². The van der Waals surface area contributed by atoms with E-state index in [0.717, 1.165) is 19.5 Å². The van der Waals surface area contributed by atoms with E-state index >= 15 is 0 Å². The second-order valence-corrected chi connectivity index (χ2v) is 5.83. The third kappa shape index (κ3) is 3.60. The minimum Gasteiger partial charge on any atom is -0.392 e. The van der Waals surface area contributed by atoms with Crippen molar-refractivity contribution in [3.63, 3.8) is 0 Å². The Hall–Kier alpha value is -1.45. The number of thiocarbonyl (C=S) groups is 1. The zero-order chi connectivity index (χ0) is 15.2. The number of benzene rings is 2. The molecule has 2 aromatic rings. The van der Waals surface area contributed by atoms with Gasteiger partial charge >= 0.3 is 0 Å². The third-order valence-corrected chi connectivity index (χ3v) is 4.18. The molecule has 0 spiro atoms. The lowest BCUT2D eigenvalue weighted by Gasteiger charge is -2.31. The Balaban J connectivity index is 2.47. The Bertz CT molecular complexity index is 604. The lowest BCUT2D eigenvalue weighted by molar-refractivity contribution is 0.254. The predicted octanol–water partition coefficient (Wildman–Crippen LogP) is 4.29. The average molecular weight is 300 g/mol. The van der Waals surface area contributed by atoms with Crippen molar-refractivity contribution in [1.29, 1.82) is 0 Å². The van der Waals surface area contributed by atoms with Crippen LogP contribution in [0.25, 0.3) is 10.8 Å². The molecule has 0 bridgehead atoms. The Morgan fingerprint density at radius 3 is 2.52 bits per heavy atom. The molecule has 3 heteroatoms. The topological polar surface area (TPSA) is 29.3 Å². The van der Waals surface area contributed by atoms with Crippen LogP contribution in [0, 0.1) is 0 Å². The van der Waals surface area contributed by atoms with Crippen molar-refractivity contribution in [3.05, 3.63) is 48.0 Å². The highest BCUT2D eigenvalue weighted by Gasteiger charge is 2.23. The maximum absolute atomic E-state index is 6.10. The average Bonchev–Trinajstić information content (AvgIpc) is 2.50. The monoisotopic (exact) mass is 300 g/mol. The second kappa shape index (κ2) is 7.53. The van der Waals surface area contributed by atoms with E-state index in [2.05, 4.69) is 61.2 Å². The maximum atomic E-state index is 6.10. The normalized spacial score (nSPS) is 12.7. The lowest BCUT2D eigenvalue weighted by atomic mass is 9.97. The van der Waals surface area contributed by atoms with Crippen LogP contribution < -0.4 is 5.73 Å². The molecule has 1 atom stereocenters. The van der Waals surface area contributed by atoms with Crippen molar-refractivity contribution in [3.8, 4) is 0 Å². The minimum atomic E-state index is 0.0163. The molecule has 0 aliphatic heterocycles. The Morgan fingerprint density at radius 1 is 1.14 bits per heavy atom. The number of nitrogens with zero attached hydrogens (tertiary/aromatic N) is 1. The van der Waals surface area contributed by atoms with Gasteiger partial charge < -0.3 is 5.73 Å². The van der Waals surface area contributed by atoms with Crippen LogP contribution in [0.2, 0.25) is 0 Å². The van der Waals surface area contributed by atoms with Gasteiger partial charge in [-0.1, -0.05) is 75.0 Å². The first-order valence-corrected chi connectivity index (χ1v) is 8.10. The second-order valence-electron chi connectivity index (χ2n) is 5.36. The SMILES string of the molecule is CCCCN(CC)C(C(N)=S)c1cccc2ccccc12. The fraction of sp³-hybridized carbons (Fsp3) is 0.389. The van der Waals surface area contributed by atoms with Gasteiger partial charge in [0.05, 0.1) is 11.0 Å². The largest absolute Gasteiger partial charge is 0.392 e. The molecular formula is C18H24N2S. The smallest absolute Gasteiger partial charge is 0.0948 e. The first kappa shape index (κ1) is 15.9. The van der Waals surface area contributed by atoms with Crippen LogP contribution in [0.5, 0.6) is 0 Å². The molecular weight excluding hydrogens is 276 g/mol. The van der Waals surface area contributed by atoms with E-state index in [0.29, 0.717) is 4.99 Å². The van der Waals surface area contributed by atoms with Crippen LogP contribution >= 0.6 is 12.2 Å². The van der Waals surface area contributed by atoms with E-state index in [1.165, 1.54) is 22.8 Å². The fourth-order valence-corrected chi connectivity index (χ4v) is 3.13. The summed E-state index contributed by atoms with van der Waals surface area (Å²) in [5, 5.41) is 2.48. The van der Waals surface area contributed by atoms with Gasteiger partial charge in [-0.05, 0) is 35.8 Å². The molecule has 0 radical (unpaired) electrons. The van der Waals surface area contributed by atoms with Gasteiger partial charge in [0.1, 0.15) is 0 Å². The highest BCUT2D eigenvalue weighted by molar-refractivity contribution is 7.80. The van der Waals surface area contributed by atoms with Gasteiger partial charge in [0.15, 0.2) is 0 Å². The number of hydrogen-bond donors (Lipinski definition) is 1. The molecule has 2 N–H and O–H groups in total. The van der Waals surface area contributed by atoms with Gasteiger partial charge in [-0.15, -0.1) is 0 Å². The van der Waals surface area contributed by atoms with Gasteiger partial charge in [0, 0.05) is 0 Å². The molecule has 0 aliphatic rings. The molecule has 21 heavy (non-hydrogen) atoms. The summed E-state index contributed by atoms with van der Waals surface area (Å²) in [6.45, 7) is 6.36. The summed E-state index contributed by atoms with van der Waals surface area (Å²) < 4.78 is 0. The van der Waals surface area contributed by atoms with E-state index in [9.17, 15) is 0 Å². The van der Waals surface area contributed by atoms with Crippen LogP contribution in [-0.4, -0.2) is 23.0 Å². The Labute approximate surface area is 132 Å². The van der Waals surface area contributed by atoms with E-state index in [4.69, 9.17) is 18.0 Å². The first-order valence-electron chi connectivity index (χ1n) is 7.70. The summed E-state index contributed by atoms with van der Waals surface area (Å²) >= 11 is 5.39. The van der Waals surface area contributed by atoms with Crippen LogP contribution in [0.1, 0.15) is 38.3 Å². The molecule has 2 rings (SSSR count). The summed E-state index contributed by atoms with van der Waals surface area (Å²) in [6.07, 6.45) is 2.34. The van der Waals surface area contributed by atoms with Gasteiger partial charge in [-0.3, -0.25) is 4.90 Å². The molecule has 0 aromatic heterocycles. The molecule has 0 fully saturated rings.